The molecule has 18 heavy (non-hydrogen) atoms. The van der Waals surface area contributed by atoms with Crippen LogP contribution in [0.5, 0.6) is 0 Å². The molecule has 2 aromatic rings. The van der Waals surface area contributed by atoms with Crippen molar-refractivity contribution in [1.82, 2.24) is 9.36 Å². The van der Waals surface area contributed by atoms with Gasteiger partial charge in [0.25, 0.3) is 0 Å². The Hall–Kier alpha value is -1.46. The van der Waals surface area contributed by atoms with Crippen LogP contribution in [-0.4, -0.2) is 29.5 Å². The maximum Gasteiger partial charge on any atom is 0.204 e. The molecule has 0 aliphatic rings. The smallest absolute Gasteiger partial charge is 0.204 e. The lowest BCUT2D eigenvalue weighted by molar-refractivity contribution is 0.873. The van der Waals surface area contributed by atoms with E-state index in [1.165, 1.54) is 22.7 Å². The fourth-order valence-electron chi connectivity index (χ4n) is 1.74. The Labute approximate surface area is 112 Å². The lowest BCUT2D eigenvalue weighted by atomic mass is 10.1. The SMILES string of the molecule is Cc1ccccc1Cc1nsc(N(C)CCN)n1. The van der Waals surface area contributed by atoms with Crippen LogP contribution < -0.4 is 10.6 Å². The van der Waals surface area contributed by atoms with E-state index in [4.69, 9.17) is 5.73 Å². The third-order valence-corrected chi connectivity index (χ3v) is 3.73. The second kappa shape index (κ2) is 5.93. The number of nitrogens with zero attached hydrogens (tertiary/aromatic N) is 3. The molecule has 1 aromatic carbocycles. The highest BCUT2D eigenvalue weighted by Gasteiger charge is 2.09. The maximum absolute atomic E-state index is 5.53. The standard InChI is InChI=1S/C13H18N4S/c1-10-5-3-4-6-11(10)9-12-15-13(18-16-12)17(2)8-7-14/h3-6H,7-9,14H2,1-2H3. The first-order chi connectivity index (χ1) is 8.70. The molecule has 0 unspecified atom stereocenters. The molecule has 0 radical (unpaired) electrons. The lowest BCUT2D eigenvalue weighted by Gasteiger charge is -2.12. The Balaban J connectivity index is 2.09. The van der Waals surface area contributed by atoms with Gasteiger partial charge in [-0.2, -0.15) is 4.37 Å². The summed E-state index contributed by atoms with van der Waals surface area (Å²) in [5.74, 6) is 0.883. The van der Waals surface area contributed by atoms with Gasteiger partial charge in [0.2, 0.25) is 5.13 Å². The van der Waals surface area contributed by atoms with E-state index in [1.807, 2.05) is 18.0 Å². The Bertz CT molecular complexity index is 509. The third-order valence-electron chi connectivity index (χ3n) is 2.86. The van der Waals surface area contributed by atoms with Crippen molar-refractivity contribution >= 4 is 16.7 Å². The van der Waals surface area contributed by atoms with Gasteiger partial charge in [0.1, 0.15) is 5.82 Å². The van der Waals surface area contributed by atoms with E-state index < -0.39 is 0 Å². The summed E-state index contributed by atoms with van der Waals surface area (Å²) in [6.45, 7) is 3.55. The average molecular weight is 262 g/mol. The molecule has 0 spiro atoms. The first-order valence-electron chi connectivity index (χ1n) is 5.99. The summed E-state index contributed by atoms with van der Waals surface area (Å²) in [5, 5.41) is 0.934. The van der Waals surface area contributed by atoms with Gasteiger partial charge in [-0.05, 0) is 18.1 Å². The van der Waals surface area contributed by atoms with E-state index in [9.17, 15) is 0 Å². The normalized spacial score (nSPS) is 10.6. The van der Waals surface area contributed by atoms with Crippen molar-refractivity contribution in [2.45, 2.75) is 13.3 Å². The van der Waals surface area contributed by atoms with Crippen molar-refractivity contribution in [1.29, 1.82) is 0 Å². The van der Waals surface area contributed by atoms with Gasteiger partial charge in [-0.3, -0.25) is 0 Å². The summed E-state index contributed by atoms with van der Waals surface area (Å²) < 4.78 is 4.40. The van der Waals surface area contributed by atoms with Gasteiger partial charge in [-0.25, -0.2) is 4.98 Å². The number of benzene rings is 1. The first kappa shape index (κ1) is 13.0. The quantitative estimate of drug-likeness (QED) is 0.893. The number of nitrogens with two attached hydrogens (primary N) is 1. The number of likely N-dealkylation sites (N-methyl/N-ethyl adjacent to an activating group) is 1. The van der Waals surface area contributed by atoms with Crippen molar-refractivity contribution in [3.8, 4) is 0 Å². The molecular weight excluding hydrogens is 244 g/mol. The second-order valence-corrected chi connectivity index (χ2v) is 5.04. The van der Waals surface area contributed by atoms with E-state index >= 15 is 0 Å². The van der Waals surface area contributed by atoms with Crippen LogP contribution in [0.2, 0.25) is 0 Å². The van der Waals surface area contributed by atoms with Crippen molar-refractivity contribution in [2.75, 3.05) is 25.0 Å². The molecule has 0 bridgehead atoms. The summed E-state index contributed by atoms with van der Waals surface area (Å²) in [5.41, 5.74) is 8.09. The van der Waals surface area contributed by atoms with E-state index in [0.717, 1.165) is 23.9 Å². The zero-order chi connectivity index (χ0) is 13.0. The van der Waals surface area contributed by atoms with E-state index in [-0.39, 0.29) is 0 Å². The molecule has 0 saturated carbocycles. The molecular formula is C13H18N4S. The Kier molecular flexibility index (Phi) is 4.28. The van der Waals surface area contributed by atoms with E-state index in [0.29, 0.717) is 6.54 Å². The molecule has 2 rings (SSSR count). The summed E-state index contributed by atoms with van der Waals surface area (Å²) in [4.78, 5) is 6.58. The molecule has 4 nitrogen and oxygen atoms in total. The van der Waals surface area contributed by atoms with Crippen LogP contribution in [0.25, 0.3) is 0 Å². The van der Waals surface area contributed by atoms with Gasteiger partial charge in [0.05, 0.1) is 0 Å². The highest BCUT2D eigenvalue weighted by molar-refractivity contribution is 7.09. The van der Waals surface area contributed by atoms with Gasteiger partial charge < -0.3 is 10.6 Å². The minimum Gasteiger partial charge on any atom is -0.349 e. The van der Waals surface area contributed by atoms with Crippen LogP contribution in [0.15, 0.2) is 24.3 Å². The minimum atomic E-state index is 0.628. The monoisotopic (exact) mass is 262 g/mol. The Morgan fingerprint density at radius 2 is 2.11 bits per heavy atom. The van der Waals surface area contributed by atoms with Gasteiger partial charge in [-0.1, -0.05) is 24.3 Å². The predicted molar refractivity (Wildman–Crippen MR) is 76.2 cm³/mol. The highest BCUT2D eigenvalue weighted by Crippen LogP contribution is 2.18. The molecule has 1 heterocycles. The van der Waals surface area contributed by atoms with Crippen molar-refractivity contribution < 1.29 is 0 Å². The number of aromatic nitrogens is 2. The molecule has 0 fully saturated rings. The van der Waals surface area contributed by atoms with E-state index in [2.05, 4.69) is 34.5 Å². The molecule has 96 valence electrons. The first-order valence-corrected chi connectivity index (χ1v) is 6.76. The fourth-order valence-corrected chi connectivity index (χ4v) is 2.41. The average Bonchev–Trinajstić information content (AvgIpc) is 2.81. The van der Waals surface area contributed by atoms with Crippen LogP contribution >= 0.6 is 11.5 Å². The number of aryl methyl sites for hydroxylation is 1. The molecule has 0 saturated heterocycles. The number of hydrogen-bond acceptors (Lipinski definition) is 5. The molecule has 0 aliphatic heterocycles. The molecule has 2 N–H and O–H groups in total. The van der Waals surface area contributed by atoms with Gasteiger partial charge in [0, 0.05) is 38.1 Å². The zero-order valence-corrected chi connectivity index (χ0v) is 11.6. The zero-order valence-electron chi connectivity index (χ0n) is 10.8. The largest absolute Gasteiger partial charge is 0.349 e. The summed E-state index contributed by atoms with van der Waals surface area (Å²) in [7, 11) is 1.99. The van der Waals surface area contributed by atoms with Gasteiger partial charge >= 0.3 is 0 Å². The number of hydrogen-bond donors (Lipinski definition) is 1. The number of anilines is 1. The van der Waals surface area contributed by atoms with Crippen molar-refractivity contribution in [3.63, 3.8) is 0 Å². The van der Waals surface area contributed by atoms with Crippen LogP contribution in [-0.2, 0) is 6.42 Å². The van der Waals surface area contributed by atoms with E-state index in [1.54, 1.807) is 0 Å². The molecule has 0 amide bonds. The molecule has 1 aromatic heterocycles. The van der Waals surface area contributed by atoms with Crippen molar-refractivity contribution in [3.05, 3.63) is 41.2 Å². The fraction of sp³-hybridized carbons (Fsp3) is 0.385. The van der Waals surface area contributed by atoms with Crippen LogP contribution in [0.4, 0.5) is 5.13 Å². The minimum absolute atomic E-state index is 0.628. The summed E-state index contributed by atoms with van der Waals surface area (Å²) >= 11 is 1.43. The highest BCUT2D eigenvalue weighted by atomic mass is 32.1. The maximum atomic E-state index is 5.53. The molecule has 0 aliphatic carbocycles. The van der Waals surface area contributed by atoms with Crippen LogP contribution in [0.1, 0.15) is 17.0 Å². The third kappa shape index (κ3) is 3.05. The number of rotatable bonds is 5. The molecule has 5 heteroatoms. The van der Waals surface area contributed by atoms with Gasteiger partial charge in [0.15, 0.2) is 0 Å². The summed E-state index contributed by atoms with van der Waals surface area (Å²) in [6.07, 6.45) is 0.791. The topological polar surface area (TPSA) is 55.0 Å². The summed E-state index contributed by atoms with van der Waals surface area (Å²) in [6, 6.07) is 8.34. The van der Waals surface area contributed by atoms with Gasteiger partial charge in [-0.15, -0.1) is 0 Å². The predicted octanol–water partition coefficient (Wildman–Crippen LogP) is 1.83. The van der Waals surface area contributed by atoms with Crippen molar-refractivity contribution in [2.24, 2.45) is 5.73 Å². The molecule has 0 atom stereocenters. The Morgan fingerprint density at radius 1 is 1.33 bits per heavy atom. The lowest BCUT2D eigenvalue weighted by Crippen LogP contribution is -2.24. The van der Waals surface area contributed by atoms with Crippen LogP contribution in [0, 0.1) is 6.92 Å². The van der Waals surface area contributed by atoms with Crippen LogP contribution in [0.3, 0.4) is 0 Å². The second-order valence-electron chi connectivity index (χ2n) is 4.31. The Morgan fingerprint density at radius 3 is 2.83 bits per heavy atom.